The van der Waals surface area contributed by atoms with Crippen molar-refractivity contribution in [3.63, 3.8) is 0 Å². The quantitative estimate of drug-likeness (QED) is 0.672. The molecule has 0 bridgehead atoms. The lowest BCUT2D eigenvalue weighted by molar-refractivity contribution is 0.0679. The van der Waals surface area contributed by atoms with Gasteiger partial charge in [-0.2, -0.15) is 0 Å². The van der Waals surface area contributed by atoms with E-state index in [0.717, 1.165) is 37.1 Å². The number of benzene rings is 2. The van der Waals surface area contributed by atoms with E-state index in [9.17, 15) is 4.79 Å². The summed E-state index contributed by atoms with van der Waals surface area (Å²) in [6, 6.07) is 15.5. The molecule has 1 aliphatic rings. The Morgan fingerprint density at radius 1 is 1.19 bits per heavy atom. The van der Waals surface area contributed by atoms with E-state index in [-0.39, 0.29) is 12.0 Å². The van der Waals surface area contributed by atoms with Crippen LogP contribution in [-0.2, 0) is 11.2 Å². The summed E-state index contributed by atoms with van der Waals surface area (Å²) in [5.41, 5.74) is 2.97. The van der Waals surface area contributed by atoms with Gasteiger partial charge in [-0.15, -0.1) is 0 Å². The van der Waals surface area contributed by atoms with Crippen LogP contribution in [0, 0.1) is 0 Å². The summed E-state index contributed by atoms with van der Waals surface area (Å²) >= 11 is 0. The van der Waals surface area contributed by atoms with Gasteiger partial charge in [-0.05, 0) is 55.2 Å². The molecule has 1 atom stereocenters. The summed E-state index contributed by atoms with van der Waals surface area (Å²) in [5, 5.41) is 4.19. The Labute approximate surface area is 158 Å². The Hall–Kier alpha value is -2.79. The molecule has 2 N–H and O–H groups in total. The van der Waals surface area contributed by atoms with Crippen LogP contribution in [0.5, 0.6) is 5.75 Å². The SMILES string of the molecule is O=C(NCCc1c[nH]c2ccccc12)c1ccc(OC[C@H]2CCCO2)cc1. The normalized spacial score (nSPS) is 16.5. The van der Waals surface area contributed by atoms with E-state index in [1.54, 1.807) is 12.1 Å². The maximum absolute atomic E-state index is 12.3. The van der Waals surface area contributed by atoms with Crippen molar-refractivity contribution in [2.75, 3.05) is 19.8 Å². The number of carbonyl (C=O) groups is 1. The number of hydrogen-bond donors (Lipinski definition) is 2. The third-order valence-corrected chi connectivity index (χ3v) is 4.93. The summed E-state index contributed by atoms with van der Waals surface area (Å²) in [6.07, 6.45) is 5.15. The van der Waals surface area contributed by atoms with Gasteiger partial charge in [0.1, 0.15) is 12.4 Å². The summed E-state index contributed by atoms with van der Waals surface area (Å²) in [6.45, 7) is 1.99. The molecule has 5 heteroatoms. The summed E-state index contributed by atoms with van der Waals surface area (Å²) < 4.78 is 11.3. The van der Waals surface area contributed by atoms with Crippen LogP contribution in [0.15, 0.2) is 54.7 Å². The molecule has 1 amide bonds. The lowest BCUT2D eigenvalue weighted by Gasteiger charge is -2.11. The van der Waals surface area contributed by atoms with Crippen LogP contribution >= 0.6 is 0 Å². The number of fused-ring (bicyclic) bond motifs is 1. The number of aromatic amines is 1. The van der Waals surface area contributed by atoms with Gasteiger partial charge in [0.15, 0.2) is 0 Å². The average Bonchev–Trinajstić information content (AvgIpc) is 3.37. The van der Waals surface area contributed by atoms with E-state index < -0.39 is 0 Å². The van der Waals surface area contributed by atoms with Gasteiger partial charge >= 0.3 is 0 Å². The minimum atomic E-state index is -0.0690. The van der Waals surface area contributed by atoms with E-state index in [4.69, 9.17) is 9.47 Å². The van der Waals surface area contributed by atoms with Crippen LogP contribution in [-0.4, -0.2) is 36.8 Å². The standard InChI is InChI=1S/C22H24N2O3/c25-22(23-12-11-17-14-24-21-6-2-1-5-20(17)21)16-7-9-18(10-8-16)27-15-19-4-3-13-26-19/h1-2,5-10,14,19,24H,3-4,11-13,15H2,(H,23,25)/t19-/m1/s1. The van der Waals surface area contributed by atoms with Gasteiger partial charge < -0.3 is 19.8 Å². The molecule has 0 spiro atoms. The number of ether oxygens (including phenoxy) is 2. The Morgan fingerprint density at radius 2 is 2.04 bits per heavy atom. The number of aromatic nitrogens is 1. The van der Waals surface area contributed by atoms with Crippen LogP contribution in [0.3, 0.4) is 0 Å². The van der Waals surface area contributed by atoms with Crippen molar-refractivity contribution in [1.29, 1.82) is 0 Å². The molecular weight excluding hydrogens is 340 g/mol. The summed E-state index contributed by atoms with van der Waals surface area (Å²) in [4.78, 5) is 15.6. The fraction of sp³-hybridized carbons (Fsp3) is 0.318. The Kier molecular flexibility index (Phi) is 5.39. The zero-order valence-electron chi connectivity index (χ0n) is 15.2. The van der Waals surface area contributed by atoms with E-state index in [2.05, 4.69) is 22.4 Å². The number of amides is 1. The Balaban J connectivity index is 1.26. The first-order valence-corrected chi connectivity index (χ1v) is 9.47. The molecule has 1 fully saturated rings. The van der Waals surface area contributed by atoms with Crippen LogP contribution in [0.4, 0.5) is 0 Å². The molecule has 1 aliphatic heterocycles. The van der Waals surface area contributed by atoms with Crippen LogP contribution in [0.2, 0.25) is 0 Å². The zero-order chi connectivity index (χ0) is 18.5. The monoisotopic (exact) mass is 364 g/mol. The molecule has 0 unspecified atom stereocenters. The first-order valence-electron chi connectivity index (χ1n) is 9.47. The molecule has 1 aromatic heterocycles. The minimum Gasteiger partial charge on any atom is -0.491 e. The molecule has 140 valence electrons. The number of para-hydroxylation sites is 1. The van der Waals surface area contributed by atoms with Crippen LogP contribution in [0.1, 0.15) is 28.8 Å². The molecule has 0 saturated carbocycles. The first kappa shape index (κ1) is 17.6. The Morgan fingerprint density at radius 3 is 2.85 bits per heavy atom. The lowest BCUT2D eigenvalue weighted by atomic mass is 10.1. The van der Waals surface area contributed by atoms with Crippen molar-refractivity contribution in [3.8, 4) is 5.75 Å². The van der Waals surface area contributed by atoms with E-state index in [1.165, 1.54) is 10.9 Å². The predicted octanol–water partition coefficient (Wildman–Crippen LogP) is 3.70. The lowest BCUT2D eigenvalue weighted by Crippen LogP contribution is -2.25. The molecule has 2 aromatic carbocycles. The van der Waals surface area contributed by atoms with Crippen molar-refractivity contribution in [2.45, 2.75) is 25.4 Å². The summed E-state index contributed by atoms with van der Waals surface area (Å²) in [5.74, 6) is 0.696. The molecule has 5 nitrogen and oxygen atoms in total. The van der Waals surface area contributed by atoms with Gasteiger partial charge in [-0.1, -0.05) is 18.2 Å². The maximum atomic E-state index is 12.3. The van der Waals surface area contributed by atoms with Crippen LogP contribution in [0.25, 0.3) is 10.9 Å². The molecular formula is C22H24N2O3. The predicted molar refractivity (Wildman–Crippen MR) is 105 cm³/mol. The summed E-state index contributed by atoms with van der Waals surface area (Å²) in [7, 11) is 0. The zero-order valence-corrected chi connectivity index (χ0v) is 15.2. The van der Waals surface area contributed by atoms with Gasteiger partial charge in [0.2, 0.25) is 0 Å². The Bertz CT molecular complexity index is 895. The number of carbonyl (C=O) groups excluding carboxylic acids is 1. The molecule has 1 saturated heterocycles. The van der Waals surface area contributed by atoms with Gasteiger partial charge in [-0.25, -0.2) is 0 Å². The second-order valence-electron chi connectivity index (χ2n) is 6.84. The van der Waals surface area contributed by atoms with Crippen molar-refractivity contribution in [2.24, 2.45) is 0 Å². The first-order chi connectivity index (χ1) is 13.3. The van der Waals surface area contributed by atoms with Crippen LogP contribution < -0.4 is 10.1 Å². The van der Waals surface area contributed by atoms with Crippen molar-refractivity contribution < 1.29 is 14.3 Å². The number of rotatable bonds is 7. The number of hydrogen-bond acceptors (Lipinski definition) is 3. The third-order valence-electron chi connectivity index (χ3n) is 4.93. The van der Waals surface area contributed by atoms with Gasteiger partial charge in [-0.3, -0.25) is 4.79 Å². The van der Waals surface area contributed by atoms with E-state index in [1.807, 2.05) is 30.5 Å². The topological polar surface area (TPSA) is 63.4 Å². The minimum absolute atomic E-state index is 0.0690. The van der Waals surface area contributed by atoms with E-state index >= 15 is 0 Å². The van der Waals surface area contributed by atoms with Gasteiger partial charge in [0.25, 0.3) is 5.91 Å². The highest BCUT2D eigenvalue weighted by Gasteiger charge is 2.16. The molecule has 0 radical (unpaired) electrons. The molecule has 2 heterocycles. The smallest absolute Gasteiger partial charge is 0.251 e. The fourth-order valence-corrected chi connectivity index (χ4v) is 3.42. The van der Waals surface area contributed by atoms with Gasteiger partial charge in [0, 0.05) is 35.8 Å². The third kappa shape index (κ3) is 4.31. The van der Waals surface area contributed by atoms with Crippen molar-refractivity contribution in [3.05, 3.63) is 65.9 Å². The highest BCUT2D eigenvalue weighted by atomic mass is 16.5. The van der Waals surface area contributed by atoms with E-state index in [0.29, 0.717) is 18.7 Å². The highest BCUT2D eigenvalue weighted by Crippen LogP contribution is 2.18. The second kappa shape index (κ2) is 8.27. The average molecular weight is 364 g/mol. The largest absolute Gasteiger partial charge is 0.491 e. The molecule has 0 aliphatic carbocycles. The van der Waals surface area contributed by atoms with Gasteiger partial charge in [0.05, 0.1) is 6.10 Å². The maximum Gasteiger partial charge on any atom is 0.251 e. The highest BCUT2D eigenvalue weighted by molar-refractivity contribution is 5.94. The number of H-pyrrole nitrogens is 1. The molecule has 3 aromatic rings. The fourth-order valence-electron chi connectivity index (χ4n) is 3.42. The molecule has 4 rings (SSSR count). The second-order valence-corrected chi connectivity index (χ2v) is 6.84. The number of nitrogens with one attached hydrogen (secondary N) is 2. The molecule has 27 heavy (non-hydrogen) atoms. The van der Waals surface area contributed by atoms with Crippen molar-refractivity contribution in [1.82, 2.24) is 10.3 Å². The van der Waals surface area contributed by atoms with Crippen molar-refractivity contribution >= 4 is 16.8 Å².